The highest BCUT2D eigenvalue weighted by Crippen LogP contribution is 2.27. The number of benzene rings is 2. The summed E-state index contributed by atoms with van der Waals surface area (Å²) in [6, 6.07) is 14.0. The number of nitrogens with one attached hydrogen (secondary N) is 2. The van der Waals surface area contributed by atoms with Crippen LogP contribution in [0, 0.1) is 0 Å². The molecule has 6 heteroatoms. The molecule has 2 aromatic carbocycles. The van der Waals surface area contributed by atoms with E-state index in [9.17, 15) is 9.59 Å². The summed E-state index contributed by atoms with van der Waals surface area (Å²) >= 11 is 0. The lowest BCUT2D eigenvalue weighted by Crippen LogP contribution is -2.41. The molecule has 0 saturated heterocycles. The average Bonchev–Trinajstić information content (AvgIpc) is 2.61. The van der Waals surface area contributed by atoms with Crippen LogP contribution < -0.4 is 20.1 Å². The predicted octanol–water partition coefficient (Wildman–Crippen LogP) is 3.63. The number of hydrogen-bond acceptors (Lipinski definition) is 4. The van der Waals surface area contributed by atoms with Crippen molar-refractivity contribution in [3.63, 3.8) is 0 Å². The SMILES string of the molecule is COc1ccccc1O[C@H](C)C(=O)Nc1ccccc1C(=O)NC(C)(C)C. The van der Waals surface area contributed by atoms with E-state index in [4.69, 9.17) is 9.47 Å². The lowest BCUT2D eigenvalue weighted by atomic mass is 10.1. The van der Waals surface area contributed by atoms with Crippen LogP contribution in [-0.2, 0) is 4.79 Å². The van der Waals surface area contributed by atoms with Gasteiger partial charge in [0.25, 0.3) is 11.8 Å². The molecule has 2 amide bonds. The summed E-state index contributed by atoms with van der Waals surface area (Å²) in [6.07, 6.45) is -0.778. The van der Waals surface area contributed by atoms with Gasteiger partial charge in [0.15, 0.2) is 17.6 Å². The van der Waals surface area contributed by atoms with Crippen LogP contribution in [0.2, 0.25) is 0 Å². The summed E-state index contributed by atoms with van der Waals surface area (Å²) in [6.45, 7) is 7.33. The van der Waals surface area contributed by atoms with E-state index in [1.807, 2.05) is 26.8 Å². The minimum atomic E-state index is -0.778. The van der Waals surface area contributed by atoms with Crippen LogP contribution in [0.5, 0.6) is 11.5 Å². The van der Waals surface area contributed by atoms with Gasteiger partial charge in [-0.25, -0.2) is 0 Å². The molecule has 2 N–H and O–H groups in total. The number of anilines is 1. The molecule has 144 valence electrons. The Hall–Kier alpha value is -3.02. The van der Waals surface area contributed by atoms with Crippen molar-refractivity contribution in [2.45, 2.75) is 39.3 Å². The summed E-state index contributed by atoms with van der Waals surface area (Å²) in [7, 11) is 1.54. The molecule has 0 aliphatic heterocycles. The van der Waals surface area contributed by atoms with Crippen molar-refractivity contribution in [1.82, 2.24) is 5.32 Å². The largest absolute Gasteiger partial charge is 0.493 e. The minimum Gasteiger partial charge on any atom is -0.493 e. The van der Waals surface area contributed by atoms with Gasteiger partial charge in [-0.05, 0) is 52.0 Å². The van der Waals surface area contributed by atoms with Crippen LogP contribution in [-0.4, -0.2) is 30.6 Å². The number of carbonyl (C=O) groups is 2. The van der Waals surface area contributed by atoms with E-state index in [0.717, 1.165) is 0 Å². The molecule has 0 fully saturated rings. The fraction of sp³-hybridized carbons (Fsp3) is 0.333. The maximum Gasteiger partial charge on any atom is 0.265 e. The molecule has 1 atom stereocenters. The summed E-state index contributed by atoms with van der Waals surface area (Å²) in [5.74, 6) is 0.400. The van der Waals surface area contributed by atoms with E-state index in [1.54, 1.807) is 49.4 Å². The van der Waals surface area contributed by atoms with E-state index in [0.29, 0.717) is 22.7 Å². The number of amides is 2. The molecule has 0 saturated carbocycles. The zero-order chi connectivity index (χ0) is 20.0. The van der Waals surface area contributed by atoms with Crippen molar-refractivity contribution in [1.29, 1.82) is 0 Å². The summed E-state index contributed by atoms with van der Waals surface area (Å²) in [5.41, 5.74) is 0.444. The Morgan fingerprint density at radius 2 is 1.56 bits per heavy atom. The van der Waals surface area contributed by atoms with Gasteiger partial charge in [-0.2, -0.15) is 0 Å². The average molecular weight is 370 g/mol. The molecular weight excluding hydrogens is 344 g/mol. The second-order valence-electron chi connectivity index (χ2n) is 7.15. The van der Waals surface area contributed by atoms with Gasteiger partial charge in [0, 0.05) is 5.54 Å². The maximum atomic E-state index is 12.6. The lowest BCUT2D eigenvalue weighted by Gasteiger charge is -2.22. The molecule has 0 unspecified atom stereocenters. The number of para-hydroxylation sites is 3. The first kappa shape index (κ1) is 20.3. The third kappa shape index (κ3) is 5.74. The Morgan fingerprint density at radius 3 is 2.19 bits per heavy atom. The highest BCUT2D eigenvalue weighted by atomic mass is 16.5. The molecule has 6 nitrogen and oxygen atoms in total. The van der Waals surface area contributed by atoms with Crippen molar-refractivity contribution in [2.24, 2.45) is 0 Å². The minimum absolute atomic E-state index is 0.253. The van der Waals surface area contributed by atoms with Gasteiger partial charge < -0.3 is 20.1 Å². The molecule has 2 rings (SSSR count). The Bertz CT molecular complexity index is 812. The van der Waals surface area contributed by atoms with Crippen LogP contribution in [0.4, 0.5) is 5.69 Å². The van der Waals surface area contributed by atoms with Crippen LogP contribution in [0.25, 0.3) is 0 Å². The Balaban J connectivity index is 2.12. The fourth-order valence-corrected chi connectivity index (χ4v) is 2.39. The molecular formula is C21H26N2O4. The second kappa shape index (κ2) is 8.58. The van der Waals surface area contributed by atoms with E-state index in [-0.39, 0.29) is 17.4 Å². The first-order valence-electron chi connectivity index (χ1n) is 8.73. The van der Waals surface area contributed by atoms with Crippen LogP contribution in [0.15, 0.2) is 48.5 Å². The number of rotatable bonds is 6. The molecule has 2 aromatic rings. The third-order valence-electron chi connectivity index (χ3n) is 3.66. The third-order valence-corrected chi connectivity index (χ3v) is 3.66. The van der Waals surface area contributed by atoms with Gasteiger partial charge in [-0.15, -0.1) is 0 Å². The van der Waals surface area contributed by atoms with Gasteiger partial charge in [0.2, 0.25) is 0 Å². The summed E-state index contributed by atoms with van der Waals surface area (Å²) < 4.78 is 10.9. The fourth-order valence-electron chi connectivity index (χ4n) is 2.39. The molecule has 0 aliphatic rings. The first-order chi connectivity index (χ1) is 12.7. The molecule has 27 heavy (non-hydrogen) atoms. The Morgan fingerprint density at radius 1 is 0.963 bits per heavy atom. The highest BCUT2D eigenvalue weighted by molar-refractivity contribution is 6.04. The van der Waals surface area contributed by atoms with Gasteiger partial charge in [0.1, 0.15) is 0 Å². The van der Waals surface area contributed by atoms with Crippen molar-refractivity contribution in [3.05, 3.63) is 54.1 Å². The Kier molecular flexibility index (Phi) is 6.45. The number of carbonyl (C=O) groups excluding carboxylic acids is 2. The van der Waals surface area contributed by atoms with Gasteiger partial charge in [-0.1, -0.05) is 24.3 Å². The molecule has 0 aromatic heterocycles. The number of ether oxygens (including phenoxy) is 2. The zero-order valence-corrected chi connectivity index (χ0v) is 16.3. The zero-order valence-electron chi connectivity index (χ0n) is 16.3. The number of methoxy groups -OCH3 is 1. The number of hydrogen-bond donors (Lipinski definition) is 2. The van der Waals surface area contributed by atoms with Crippen molar-refractivity contribution in [3.8, 4) is 11.5 Å². The van der Waals surface area contributed by atoms with Crippen LogP contribution in [0.3, 0.4) is 0 Å². The predicted molar refractivity (Wildman–Crippen MR) is 105 cm³/mol. The van der Waals surface area contributed by atoms with Crippen molar-refractivity contribution in [2.75, 3.05) is 12.4 Å². The molecule has 0 heterocycles. The first-order valence-corrected chi connectivity index (χ1v) is 8.73. The van der Waals surface area contributed by atoms with Gasteiger partial charge in [-0.3, -0.25) is 9.59 Å². The smallest absolute Gasteiger partial charge is 0.265 e. The Labute approximate surface area is 159 Å². The highest BCUT2D eigenvalue weighted by Gasteiger charge is 2.21. The maximum absolute atomic E-state index is 12.6. The van der Waals surface area contributed by atoms with Gasteiger partial charge in [0.05, 0.1) is 18.4 Å². The summed E-state index contributed by atoms with van der Waals surface area (Å²) in [4.78, 5) is 25.1. The quantitative estimate of drug-likeness (QED) is 0.814. The van der Waals surface area contributed by atoms with Crippen LogP contribution in [0.1, 0.15) is 38.1 Å². The monoisotopic (exact) mass is 370 g/mol. The molecule has 0 aliphatic carbocycles. The second-order valence-corrected chi connectivity index (χ2v) is 7.15. The molecule has 0 bridgehead atoms. The lowest BCUT2D eigenvalue weighted by molar-refractivity contribution is -0.122. The molecule has 0 radical (unpaired) electrons. The topological polar surface area (TPSA) is 76.7 Å². The van der Waals surface area contributed by atoms with Crippen molar-refractivity contribution < 1.29 is 19.1 Å². The summed E-state index contributed by atoms with van der Waals surface area (Å²) in [5, 5.41) is 5.66. The molecule has 0 spiro atoms. The van der Waals surface area contributed by atoms with Crippen molar-refractivity contribution >= 4 is 17.5 Å². The van der Waals surface area contributed by atoms with E-state index in [1.165, 1.54) is 7.11 Å². The standard InChI is InChI=1S/C21H26N2O4/c1-14(27-18-13-9-8-12-17(18)26-5)19(24)22-16-11-7-6-10-15(16)20(25)23-21(2,3)4/h6-14H,1-5H3,(H,22,24)(H,23,25)/t14-/m1/s1. The van der Waals surface area contributed by atoms with Crippen LogP contribution >= 0.6 is 0 Å². The van der Waals surface area contributed by atoms with E-state index in [2.05, 4.69) is 10.6 Å². The normalized spacial score (nSPS) is 12.0. The van der Waals surface area contributed by atoms with E-state index >= 15 is 0 Å². The van der Waals surface area contributed by atoms with Gasteiger partial charge >= 0.3 is 0 Å². The van der Waals surface area contributed by atoms with E-state index < -0.39 is 6.10 Å².